The Kier molecular flexibility index (Phi) is 6.40. The molecule has 0 aliphatic carbocycles. The number of carbonyl (C=O) groups is 2. The minimum Gasteiger partial charge on any atom is -0.508 e. The maximum atomic E-state index is 12.5. The lowest BCUT2D eigenvalue weighted by Crippen LogP contribution is -2.47. The van der Waals surface area contributed by atoms with Crippen LogP contribution >= 0.6 is 0 Å². The number of halogens is 3. The molecule has 7 nitrogen and oxygen atoms in total. The number of ether oxygens (including phenoxy) is 2. The van der Waals surface area contributed by atoms with Crippen molar-refractivity contribution in [3.05, 3.63) is 23.8 Å². The van der Waals surface area contributed by atoms with Crippen molar-refractivity contribution < 1.29 is 37.3 Å². The number of benzene rings is 1. The Morgan fingerprint density at radius 2 is 2.11 bits per heavy atom. The molecule has 1 aliphatic heterocycles. The first kappa shape index (κ1) is 20.7. The minimum atomic E-state index is -4.63. The number of aromatic hydroxyl groups is 1. The molecule has 1 aromatic carbocycles. The number of nitrogens with one attached hydrogen (secondary N) is 1. The van der Waals surface area contributed by atoms with Gasteiger partial charge in [-0.3, -0.25) is 9.69 Å². The largest absolute Gasteiger partial charge is 0.508 e. The highest BCUT2D eigenvalue weighted by Gasteiger charge is 2.38. The zero-order valence-electron chi connectivity index (χ0n) is 14.9. The van der Waals surface area contributed by atoms with Gasteiger partial charge in [-0.2, -0.15) is 13.2 Å². The predicted molar refractivity (Wildman–Crippen MR) is 88.3 cm³/mol. The van der Waals surface area contributed by atoms with Gasteiger partial charge in [0.2, 0.25) is 5.91 Å². The number of alkyl halides is 3. The fourth-order valence-corrected chi connectivity index (χ4v) is 2.88. The number of hydrogen-bond acceptors (Lipinski definition) is 5. The fourth-order valence-electron chi connectivity index (χ4n) is 2.88. The summed E-state index contributed by atoms with van der Waals surface area (Å²) >= 11 is 0. The van der Waals surface area contributed by atoms with Crippen LogP contribution < -0.4 is 10.1 Å². The molecule has 2 N–H and O–H groups in total. The SMILES string of the molecule is COc1ccc(O)c([C@H](C)NC(=O)[C@H]2CCCN2C(=O)OCC(F)(F)F)c1. The molecule has 0 spiro atoms. The molecule has 0 saturated carbocycles. The normalized spacial score (nSPS) is 18.1. The number of likely N-dealkylation sites (tertiary alicyclic amines) is 1. The van der Waals surface area contributed by atoms with E-state index in [1.54, 1.807) is 19.1 Å². The van der Waals surface area contributed by atoms with Crippen molar-refractivity contribution in [1.82, 2.24) is 10.2 Å². The number of rotatable bonds is 5. The lowest BCUT2D eigenvalue weighted by Gasteiger charge is -2.25. The van der Waals surface area contributed by atoms with Gasteiger partial charge in [-0.15, -0.1) is 0 Å². The monoisotopic (exact) mass is 390 g/mol. The van der Waals surface area contributed by atoms with Gasteiger partial charge in [0.1, 0.15) is 17.5 Å². The Morgan fingerprint density at radius 3 is 2.74 bits per heavy atom. The van der Waals surface area contributed by atoms with Crippen LogP contribution in [-0.4, -0.2) is 54.5 Å². The van der Waals surface area contributed by atoms with E-state index in [2.05, 4.69) is 10.1 Å². The summed E-state index contributed by atoms with van der Waals surface area (Å²) < 4.78 is 45.9. The summed E-state index contributed by atoms with van der Waals surface area (Å²) in [6.45, 7) is 0.0615. The number of nitrogens with zero attached hydrogens (tertiary/aromatic N) is 1. The number of carbonyl (C=O) groups excluding carboxylic acids is 2. The highest BCUT2D eigenvalue weighted by atomic mass is 19.4. The molecular formula is C17H21F3N2O5. The summed E-state index contributed by atoms with van der Waals surface area (Å²) in [4.78, 5) is 25.4. The summed E-state index contributed by atoms with van der Waals surface area (Å²) in [5, 5.41) is 12.6. The van der Waals surface area contributed by atoms with Crippen LogP contribution in [0.4, 0.5) is 18.0 Å². The van der Waals surface area contributed by atoms with Gasteiger partial charge in [0, 0.05) is 12.1 Å². The van der Waals surface area contributed by atoms with Crippen molar-refractivity contribution in [2.75, 3.05) is 20.3 Å². The molecule has 0 bridgehead atoms. The lowest BCUT2D eigenvalue weighted by molar-refractivity contribution is -0.162. The average molecular weight is 390 g/mol. The van der Waals surface area contributed by atoms with Crippen LogP contribution in [-0.2, 0) is 9.53 Å². The van der Waals surface area contributed by atoms with Crippen molar-refractivity contribution in [2.45, 2.75) is 38.0 Å². The van der Waals surface area contributed by atoms with Gasteiger partial charge < -0.3 is 19.9 Å². The van der Waals surface area contributed by atoms with E-state index < -0.39 is 36.9 Å². The van der Waals surface area contributed by atoms with Crippen LogP contribution in [0, 0.1) is 0 Å². The third-order valence-electron chi connectivity index (χ3n) is 4.21. The van der Waals surface area contributed by atoms with Crippen molar-refractivity contribution >= 4 is 12.0 Å². The van der Waals surface area contributed by atoms with Gasteiger partial charge in [-0.05, 0) is 38.0 Å². The van der Waals surface area contributed by atoms with Gasteiger partial charge in [-0.1, -0.05) is 0 Å². The number of amides is 2. The molecule has 1 aromatic rings. The van der Waals surface area contributed by atoms with Crippen LogP contribution in [0.5, 0.6) is 11.5 Å². The fraction of sp³-hybridized carbons (Fsp3) is 0.529. The van der Waals surface area contributed by atoms with Crippen molar-refractivity contribution in [3.63, 3.8) is 0 Å². The number of hydrogen-bond donors (Lipinski definition) is 2. The zero-order chi connectivity index (χ0) is 20.2. The predicted octanol–water partition coefficient (Wildman–Crippen LogP) is 2.74. The first-order valence-corrected chi connectivity index (χ1v) is 8.30. The molecule has 2 rings (SSSR count). The van der Waals surface area contributed by atoms with E-state index >= 15 is 0 Å². The molecule has 1 saturated heterocycles. The van der Waals surface area contributed by atoms with Crippen LogP contribution in [0.15, 0.2) is 18.2 Å². The van der Waals surface area contributed by atoms with E-state index in [0.29, 0.717) is 24.2 Å². The molecule has 0 aromatic heterocycles. The summed E-state index contributed by atoms with van der Waals surface area (Å²) in [5.41, 5.74) is 0.409. The standard InChI is InChI=1S/C17H21F3N2O5/c1-10(12-8-11(26-2)5-6-14(12)23)21-15(24)13-4-3-7-22(13)16(25)27-9-17(18,19)20/h5-6,8,10,13,23H,3-4,7,9H2,1-2H3,(H,21,24)/t10-,13+/m0/s1. The van der Waals surface area contributed by atoms with E-state index in [1.807, 2.05) is 0 Å². The van der Waals surface area contributed by atoms with Crippen molar-refractivity contribution in [2.24, 2.45) is 0 Å². The van der Waals surface area contributed by atoms with Gasteiger partial charge in [0.15, 0.2) is 6.61 Å². The third-order valence-corrected chi connectivity index (χ3v) is 4.21. The molecule has 150 valence electrons. The molecule has 2 atom stereocenters. The second kappa shape index (κ2) is 8.36. The van der Waals surface area contributed by atoms with Crippen LogP contribution in [0.2, 0.25) is 0 Å². The second-order valence-corrected chi connectivity index (χ2v) is 6.18. The van der Waals surface area contributed by atoms with Crippen molar-refractivity contribution in [1.29, 1.82) is 0 Å². The third kappa shape index (κ3) is 5.41. The molecule has 1 aliphatic rings. The Balaban J connectivity index is 2.02. The molecular weight excluding hydrogens is 369 g/mol. The molecule has 10 heteroatoms. The van der Waals surface area contributed by atoms with E-state index in [-0.39, 0.29) is 12.3 Å². The Morgan fingerprint density at radius 1 is 1.41 bits per heavy atom. The van der Waals surface area contributed by atoms with Gasteiger partial charge >= 0.3 is 12.3 Å². The molecule has 27 heavy (non-hydrogen) atoms. The Labute approximate surface area is 154 Å². The summed E-state index contributed by atoms with van der Waals surface area (Å²) in [6, 6.07) is 3.00. The quantitative estimate of drug-likeness (QED) is 0.807. The smallest absolute Gasteiger partial charge is 0.422 e. The Bertz CT molecular complexity index is 696. The summed E-state index contributed by atoms with van der Waals surface area (Å²) in [7, 11) is 1.46. The average Bonchev–Trinajstić information content (AvgIpc) is 3.09. The topological polar surface area (TPSA) is 88.1 Å². The highest BCUT2D eigenvalue weighted by molar-refractivity contribution is 5.86. The summed E-state index contributed by atoms with van der Waals surface area (Å²) in [5.74, 6) is -0.0928. The van der Waals surface area contributed by atoms with Crippen molar-refractivity contribution in [3.8, 4) is 11.5 Å². The Hall–Kier alpha value is -2.65. The zero-order valence-corrected chi connectivity index (χ0v) is 14.9. The van der Waals surface area contributed by atoms with E-state index in [1.165, 1.54) is 13.2 Å². The van der Waals surface area contributed by atoms with Gasteiger partial charge in [0.25, 0.3) is 0 Å². The highest BCUT2D eigenvalue weighted by Crippen LogP contribution is 2.29. The summed E-state index contributed by atoms with van der Waals surface area (Å²) in [6.07, 6.45) is -5.03. The molecule has 0 unspecified atom stereocenters. The van der Waals surface area contributed by atoms with E-state index in [9.17, 15) is 27.9 Å². The number of phenols is 1. The number of methoxy groups -OCH3 is 1. The van der Waals surface area contributed by atoms with Crippen LogP contribution in [0.1, 0.15) is 31.4 Å². The maximum absolute atomic E-state index is 12.5. The number of phenolic OH excluding ortho intramolecular Hbond substituents is 1. The lowest BCUT2D eigenvalue weighted by atomic mass is 10.1. The molecule has 1 heterocycles. The molecule has 1 fully saturated rings. The van der Waals surface area contributed by atoms with Crippen LogP contribution in [0.25, 0.3) is 0 Å². The first-order valence-electron chi connectivity index (χ1n) is 8.30. The van der Waals surface area contributed by atoms with Crippen LogP contribution in [0.3, 0.4) is 0 Å². The van der Waals surface area contributed by atoms with E-state index in [4.69, 9.17) is 4.74 Å². The van der Waals surface area contributed by atoms with Gasteiger partial charge in [-0.25, -0.2) is 4.79 Å². The van der Waals surface area contributed by atoms with E-state index in [0.717, 1.165) is 4.90 Å². The second-order valence-electron chi connectivity index (χ2n) is 6.18. The minimum absolute atomic E-state index is 0.0449. The first-order chi connectivity index (χ1) is 12.6. The maximum Gasteiger partial charge on any atom is 0.422 e. The van der Waals surface area contributed by atoms with Gasteiger partial charge in [0.05, 0.1) is 13.2 Å². The molecule has 0 radical (unpaired) electrons. The molecule has 2 amide bonds.